The minimum Gasteiger partial charge on any atom is -0.496 e. The van der Waals surface area contributed by atoms with Crippen LogP contribution in [0.25, 0.3) is 6.08 Å². The van der Waals surface area contributed by atoms with Crippen LogP contribution in [-0.4, -0.2) is 45.9 Å². The van der Waals surface area contributed by atoms with Crippen molar-refractivity contribution in [3.63, 3.8) is 0 Å². The molecule has 29 heavy (non-hydrogen) atoms. The molecule has 2 rings (SSSR count). The van der Waals surface area contributed by atoms with Gasteiger partial charge in [-0.2, -0.15) is 0 Å². The number of nitrogens with one attached hydrogen (secondary N) is 1. The van der Waals surface area contributed by atoms with Gasteiger partial charge in [-0.15, -0.1) is 0 Å². The topological polar surface area (TPSA) is 83.1 Å². The molecule has 1 amide bonds. The molecule has 1 aromatic rings. The summed E-state index contributed by atoms with van der Waals surface area (Å²) in [7, 11) is 4.58. The third-order valence-corrected chi connectivity index (χ3v) is 5.53. The predicted octanol–water partition coefficient (Wildman–Crippen LogP) is 3.21. The van der Waals surface area contributed by atoms with Gasteiger partial charge in [0.05, 0.1) is 21.3 Å². The maximum Gasteiger partial charge on any atom is 0.331 e. The average molecular weight is 405 g/mol. The molecule has 7 nitrogen and oxygen atoms in total. The van der Waals surface area contributed by atoms with E-state index in [1.807, 2.05) is 0 Å². The van der Waals surface area contributed by atoms with Crippen LogP contribution in [0.3, 0.4) is 0 Å². The zero-order valence-electron chi connectivity index (χ0n) is 17.8. The lowest BCUT2D eigenvalue weighted by molar-refractivity contribution is -0.144. The molecule has 1 aliphatic rings. The number of amides is 1. The summed E-state index contributed by atoms with van der Waals surface area (Å²) in [6.45, 7) is 4.06. The van der Waals surface area contributed by atoms with Crippen LogP contribution in [0, 0.1) is 11.8 Å². The van der Waals surface area contributed by atoms with Crippen molar-refractivity contribution < 1.29 is 28.5 Å². The highest BCUT2D eigenvalue weighted by Crippen LogP contribution is 2.35. The van der Waals surface area contributed by atoms with Crippen LogP contribution in [-0.2, 0) is 14.3 Å². The molecule has 1 aliphatic carbocycles. The molecule has 3 atom stereocenters. The predicted molar refractivity (Wildman–Crippen MR) is 110 cm³/mol. The second kappa shape index (κ2) is 10.7. The van der Waals surface area contributed by atoms with Crippen molar-refractivity contribution in [3.05, 3.63) is 23.8 Å². The molecular weight excluding hydrogens is 374 g/mol. The van der Waals surface area contributed by atoms with Gasteiger partial charge in [-0.1, -0.05) is 26.7 Å². The first-order valence-electron chi connectivity index (χ1n) is 9.83. The van der Waals surface area contributed by atoms with E-state index < -0.39 is 5.97 Å². The Morgan fingerprint density at radius 3 is 2.34 bits per heavy atom. The molecule has 0 radical (unpaired) electrons. The van der Waals surface area contributed by atoms with Crippen LogP contribution < -0.4 is 19.5 Å². The van der Waals surface area contributed by atoms with Crippen molar-refractivity contribution in [1.29, 1.82) is 0 Å². The van der Waals surface area contributed by atoms with Crippen molar-refractivity contribution in [2.45, 2.75) is 39.2 Å². The number of rotatable bonds is 8. The summed E-state index contributed by atoms with van der Waals surface area (Å²) in [5, 5.41) is 2.98. The summed E-state index contributed by atoms with van der Waals surface area (Å²) >= 11 is 0. The SMILES string of the molecule is COc1cc(OC)c(OC)cc1/C=C/C(=O)OCC(=O)N[C@@H]1CCC[C@@H](C)[C@H]1C. The standard InChI is InChI=1S/C22H31NO6/c1-14-7-6-8-17(15(14)2)23-21(24)13-29-22(25)10-9-16-11-19(27-4)20(28-5)12-18(16)26-3/h9-12,14-15,17H,6-8,13H2,1-5H3,(H,23,24)/b10-9+/t14-,15-,17-/m1/s1. The number of carbonyl (C=O) groups excluding carboxylic acids is 2. The summed E-state index contributed by atoms with van der Waals surface area (Å²) in [6, 6.07) is 3.50. The van der Waals surface area contributed by atoms with E-state index in [2.05, 4.69) is 19.2 Å². The van der Waals surface area contributed by atoms with E-state index in [0.29, 0.717) is 34.6 Å². The fraction of sp³-hybridized carbons (Fsp3) is 0.545. The van der Waals surface area contributed by atoms with Gasteiger partial charge < -0.3 is 24.3 Å². The molecule has 0 saturated heterocycles. The molecule has 7 heteroatoms. The van der Waals surface area contributed by atoms with Crippen LogP contribution in [0.4, 0.5) is 0 Å². The molecule has 1 fully saturated rings. The lowest BCUT2D eigenvalue weighted by Gasteiger charge is -2.34. The number of ether oxygens (including phenoxy) is 4. The highest BCUT2D eigenvalue weighted by atomic mass is 16.5. The molecular formula is C22H31NO6. The van der Waals surface area contributed by atoms with Gasteiger partial charge in [-0.05, 0) is 30.4 Å². The van der Waals surface area contributed by atoms with Crippen LogP contribution in [0.15, 0.2) is 18.2 Å². The molecule has 0 spiro atoms. The highest BCUT2D eigenvalue weighted by molar-refractivity contribution is 5.90. The van der Waals surface area contributed by atoms with Crippen LogP contribution in [0.2, 0.25) is 0 Å². The third kappa shape index (κ3) is 6.14. The van der Waals surface area contributed by atoms with Gasteiger partial charge in [0.1, 0.15) is 5.75 Å². The Morgan fingerprint density at radius 2 is 1.69 bits per heavy atom. The zero-order chi connectivity index (χ0) is 21.4. The Labute approximate surface area is 172 Å². The number of hydrogen-bond donors (Lipinski definition) is 1. The molecule has 1 N–H and O–H groups in total. The fourth-order valence-corrected chi connectivity index (χ4v) is 3.56. The highest BCUT2D eigenvalue weighted by Gasteiger charge is 2.28. The number of methoxy groups -OCH3 is 3. The van der Waals surface area contributed by atoms with E-state index in [4.69, 9.17) is 18.9 Å². The fourth-order valence-electron chi connectivity index (χ4n) is 3.56. The Hall–Kier alpha value is -2.70. The van der Waals surface area contributed by atoms with Crippen molar-refractivity contribution in [2.24, 2.45) is 11.8 Å². The average Bonchev–Trinajstić information content (AvgIpc) is 2.73. The molecule has 1 saturated carbocycles. The maximum absolute atomic E-state index is 12.1. The first-order chi connectivity index (χ1) is 13.9. The van der Waals surface area contributed by atoms with Gasteiger partial charge in [0.2, 0.25) is 0 Å². The quantitative estimate of drug-likeness (QED) is 0.528. The van der Waals surface area contributed by atoms with Crippen molar-refractivity contribution in [3.8, 4) is 17.2 Å². The van der Waals surface area contributed by atoms with Crippen molar-refractivity contribution in [2.75, 3.05) is 27.9 Å². The summed E-state index contributed by atoms with van der Waals surface area (Å²) in [5.41, 5.74) is 0.622. The number of esters is 1. The summed E-state index contributed by atoms with van der Waals surface area (Å²) in [4.78, 5) is 24.2. The van der Waals surface area contributed by atoms with E-state index in [1.165, 1.54) is 33.8 Å². The van der Waals surface area contributed by atoms with Crippen LogP contribution in [0.5, 0.6) is 17.2 Å². The lowest BCUT2D eigenvalue weighted by atomic mass is 9.78. The summed E-state index contributed by atoms with van der Waals surface area (Å²) < 4.78 is 20.9. The van der Waals surface area contributed by atoms with Gasteiger partial charge in [0, 0.05) is 23.7 Å². The third-order valence-electron chi connectivity index (χ3n) is 5.53. The van der Waals surface area contributed by atoms with E-state index in [-0.39, 0.29) is 18.6 Å². The van der Waals surface area contributed by atoms with Gasteiger partial charge >= 0.3 is 5.97 Å². The first kappa shape index (κ1) is 22.6. The minimum absolute atomic E-state index is 0.136. The van der Waals surface area contributed by atoms with E-state index >= 15 is 0 Å². The number of hydrogen-bond acceptors (Lipinski definition) is 6. The molecule has 0 bridgehead atoms. The van der Waals surface area contributed by atoms with Gasteiger partial charge in [0.15, 0.2) is 18.1 Å². The van der Waals surface area contributed by atoms with Crippen LogP contribution in [0.1, 0.15) is 38.7 Å². The summed E-state index contributed by atoms with van der Waals surface area (Å²) in [6.07, 6.45) is 6.05. The van der Waals surface area contributed by atoms with Gasteiger partial charge in [-0.25, -0.2) is 4.79 Å². The molecule has 0 heterocycles. The van der Waals surface area contributed by atoms with Crippen molar-refractivity contribution >= 4 is 18.0 Å². The molecule has 0 aromatic heterocycles. The molecule has 1 aromatic carbocycles. The van der Waals surface area contributed by atoms with Crippen molar-refractivity contribution in [1.82, 2.24) is 5.32 Å². The second-order valence-corrected chi connectivity index (χ2v) is 7.33. The first-order valence-corrected chi connectivity index (χ1v) is 9.83. The Balaban J connectivity index is 1.92. The van der Waals surface area contributed by atoms with Gasteiger partial charge in [-0.3, -0.25) is 4.79 Å². The Bertz CT molecular complexity index is 745. The van der Waals surface area contributed by atoms with E-state index in [1.54, 1.807) is 18.2 Å². The smallest absolute Gasteiger partial charge is 0.331 e. The summed E-state index contributed by atoms with van der Waals surface area (Å²) in [5.74, 6) is 1.66. The Morgan fingerprint density at radius 1 is 1.03 bits per heavy atom. The monoisotopic (exact) mass is 405 g/mol. The van der Waals surface area contributed by atoms with Crippen LogP contribution >= 0.6 is 0 Å². The second-order valence-electron chi connectivity index (χ2n) is 7.33. The zero-order valence-corrected chi connectivity index (χ0v) is 17.8. The lowest BCUT2D eigenvalue weighted by Crippen LogP contribution is -2.45. The molecule has 160 valence electrons. The maximum atomic E-state index is 12.1. The largest absolute Gasteiger partial charge is 0.496 e. The van der Waals surface area contributed by atoms with Gasteiger partial charge in [0.25, 0.3) is 5.91 Å². The molecule has 0 unspecified atom stereocenters. The van der Waals surface area contributed by atoms with E-state index in [0.717, 1.165) is 12.8 Å². The minimum atomic E-state index is -0.609. The molecule has 0 aliphatic heterocycles. The normalized spacial score (nSPS) is 21.5. The number of carbonyl (C=O) groups is 2. The van der Waals surface area contributed by atoms with E-state index in [9.17, 15) is 9.59 Å². The number of benzene rings is 1. The Kier molecular flexibility index (Phi) is 8.36.